The van der Waals surface area contributed by atoms with Crippen molar-refractivity contribution in [3.63, 3.8) is 0 Å². The number of hydrogen-bond donors (Lipinski definition) is 2. The van der Waals surface area contributed by atoms with Crippen molar-refractivity contribution in [3.8, 4) is 0 Å². The molecule has 3 nitrogen and oxygen atoms in total. The lowest BCUT2D eigenvalue weighted by molar-refractivity contribution is -0.130. The largest absolute Gasteiger partial charge is 0.343 e. The molecule has 0 aromatic heterocycles. The summed E-state index contributed by atoms with van der Waals surface area (Å²) in [5.74, 6) is 2.04. The van der Waals surface area contributed by atoms with Crippen molar-refractivity contribution in [2.75, 3.05) is 6.54 Å². The molecule has 0 unspecified atom stereocenters. The van der Waals surface area contributed by atoms with Crippen LogP contribution >= 0.6 is 0 Å². The molecule has 124 valence electrons. The molecule has 1 fully saturated rings. The molecule has 4 atom stereocenters. The maximum Gasteiger partial charge on any atom is 0.224 e. The summed E-state index contributed by atoms with van der Waals surface area (Å²) in [6, 6.07) is 0. The average molecular weight is 304 g/mol. The van der Waals surface area contributed by atoms with Gasteiger partial charge < -0.3 is 11.1 Å². The topological polar surface area (TPSA) is 55.1 Å². The summed E-state index contributed by atoms with van der Waals surface area (Å²) in [4.78, 5) is 13.0. The lowest BCUT2D eigenvalue weighted by Crippen LogP contribution is -2.52. The van der Waals surface area contributed by atoms with Gasteiger partial charge in [0.25, 0.3) is 0 Å². The second kappa shape index (κ2) is 6.57. The van der Waals surface area contributed by atoms with Crippen LogP contribution in [0.15, 0.2) is 23.3 Å². The number of amides is 1. The summed E-state index contributed by atoms with van der Waals surface area (Å²) in [7, 11) is 0. The van der Waals surface area contributed by atoms with Gasteiger partial charge >= 0.3 is 0 Å². The normalized spacial score (nSPS) is 35.3. The highest BCUT2D eigenvalue weighted by Crippen LogP contribution is 2.39. The average Bonchev–Trinajstić information content (AvgIpc) is 2.73. The quantitative estimate of drug-likeness (QED) is 0.836. The van der Waals surface area contributed by atoms with Crippen LogP contribution < -0.4 is 11.1 Å². The van der Waals surface area contributed by atoms with Crippen molar-refractivity contribution >= 4 is 5.91 Å². The lowest BCUT2D eigenvalue weighted by Gasteiger charge is -2.39. The van der Waals surface area contributed by atoms with Gasteiger partial charge in [-0.15, -0.1) is 0 Å². The summed E-state index contributed by atoms with van der Waals surface area (Å²) < 4.78 is 0. The number of nitrogens with one attached hydrogen (secondary N) is 1. The smallest absolute Gasteiger partial charge is 0.224 e. The Bertz CT molecular complexity index is 492. The number of carbonyl (C=O) groups excluding carboxylic acids is 1. The number of nitrogens with two attached hydrogens (primary N) is 1. The summed E-state index contributed by atoms with van der Waals surface area (Å²) >= 11 is 0. The van der Waals surface area contributed by atoms with E-state index in [0.29, 0.717) is 24.3 Å². The van der Waals surface area contributed by atoms with Crippen LogP contribution in [0.3, 0.4) is 0 Å². The molecule has 2 rings (SSSR count). The first-order valence-electron chi connectivity index (χ1n) is 8.70. The van der Waals surface area contributed by atoms with Gasteiger partial charge in [0, 0.05) is 12.5 Å². The zero-order valence-electron chi connectivity index (χ0n) is 14.8. The van der Waals surface area contributed by atoms with Crippen LogP contribution in [0.5, 0.6) is 0 Å². The Balaban J connectivity index is 2.16. The fourth-order valence-electron chi connectivity index (χ4n) is 4.11. The minimum Gasteiger partial charge on any atom is -0.343 e. The van der Waals surface area contributed by atoms with E-state index in [1.54, 1.807) is 0 Å². The van der Waals surface area contributed by atoms with E-state index in [-0.39, 0.29) is 11.8 Å². The molecule has 1 amide bonds. The highest BCUT2D eigenvalue weighted by Gasteiger charge is 2.40. The molecule has 1 saturated carbocycles. The zero-order chi connectivity index (χ0) is 16.5. The summed E-state index contributed by atoms with van der Waals surface area (Å²) in [5, 5.41) is 3.33. The second-order valence-corrected chi connectivity index (χ2v) is 7.79. The SMILES string of the molecule is CC1=CC=C(CN)[C@@]1(C)NC(=O)[C@@H]1C[C@H](C)CC[C@H]1C(C)C. The van der Waals surface area contributed by atoms with Crippen molar-refractivity contribution in [2.24, 2.45) is 29.4 Å². The van der Waals surface area contributed by atoms with E-state index in [4.69, 9.17) is 5.73 Å². The van der Waals surface area contributed by atoms with Crippen molar-refractivity contribution in [2.45, 2.75) is 59.4 Å². The molecular formula is C19H32N2O. The van der Waals surface area contributed by atoms with Crippen LogP contribution in [0, 0.1) is 23.7 Å². The Morgan fingerprint density at radius 2 is 2.09 bits per heavy atom. The van der Waals surface area contributed by atoms with E-state index in [1.807, 2.05) is 0 Å². The third kappa shape index (κ3) is 3.15. The Labute approximate surface area is 135 Å². The van der Waals surface area contributed by atoms with Crippen LogP contribution in [0.1, 0.15) is 53.9 Å². The fraction of sp³-hybridized carbons (Fsp3) is 0.737. The van der Waals surface area contributed by atoms with E-state index >= 15 is 0 Å². The molecule has 0 heterocycles. The first-order valence-corrected chi connectivity index (χ1v) is 8.70. The number of rotatable bonds is 4. The summed E-state index contributed by atoms with van der Waals surface area (Å²) in [6.07, 6.45) is 7.55. The molecule has 2 aliphatic carbocycles. The van der Waals surface area contributed by atoms with Crippen molar-refractivity contribution in [3.05, 3.63) is 23.3 Å². The number of carbonyl (C=O) groups is 1. The van der Waals surface area contributed by atoms with Crippen molar-refractivity contribution in [1.82, 2.24) is 5.32 Å². The molecule has 0 aromatic carbocycles. The molecule has 0 spiro atoms. The van der Waals surface area contributed by atoms with Crippen LogP contribution in [0.25, 0.3) is 0 Å². The van der Waals surface area contributed by atoms with Gasteiger partial charge in [-0.1, -0.05) is 39.3 Å². The van der Waals surface area contributed by atoms with Gasteiger partial charge in [0.1, 0.15) is 0 Å². The molecule has 0 bridgehead atoms. The highest BCUT2D eigenvalue weighted by molar-refractivity contribution is 5.81. The molecule has 22 heavy (non-hydrogen) atoms. The monoisotopic (exact) mass is 304 g/mol. The minimum atomic E-state index is -0.395. The predicted octanol–water partition coefficient (Wildman–Crippen LogP) is 3.41. The van der Waals surface area contributed by atoms with E-state index in [1.165, 1.54) is 18.4 Å². The van der Waals surface area contributed by atoms with Crippen molar-refractivity contribution < 1.29 is 4.79 Å². The Morgan fingerprint density at radius 1 is 1.41 bits per heavy atom. The van der Waals surface area contributed by atoms with Crippen LogP contribution in [0.4, 0.5) is 0 Å². The van der Waals surface area contributed by atoms with Crippen LogP contribution in [-0.4, -0.2) is 18.0 Å². The van der Waals surface area contributed by atoms with Gasteiger partial charge in [-0.2, -0.15) is 0 Å². The first-order chi connectivity index (χ1) is 10.3. The van der Waals surface area contributed by atoms with Gasteiger partial charge in [-0.25, -0.2) is 0 Å². The van der Waals surface area contributed by atoms with Gasteiger partial charge in [-0.05, 0) is 55.6 Å². The first kappa shape index (κ1) is 17.3. The van der Waals surface area contributed by atoms with Gasteiger partial charge in [0.05, 0.1) is 5.54 Å². The summed E-state index contributed by atoms with van der Waals surface area (Å²) in [6.45, 7) is 11.4. The second-order valence-electron chi connectivity index (χ2n) is 7.79. The highest BCUT2D eigenvalue weighted by atomic mass is 16.2. The number of hydrogen-bond acceptors (Lipinski definition) is 2. The van der Waals surface area contributed by atoms with E-state index in [2.05, 4.69) is 52.1 Å². The van der Waals surface area contributed by atoms with Crippen molar-refractivity contribution in [1.29, 1.82) is 0 Å². The Morgan fingerprint density at radius 3 is 2.68 bits per heavy atom. The summed E-state index contributed by atoms with van der Waals surface area (Å²) in [5.41, 5.74) is 7.75. The number of allylic oxidation sites excluding steroid dienone is 2. The maximum atomic E-state index is 13.0. The molecule has 0 aliphatic heterocycles. The van der Waals surface area contributed by atoms with Crippen LogP contribution in [0.2, 0.25) is 0 Å². The predicted molar refractivity (Wildman–Crippen MR) is 92.3 cm³/mol. The fourth-order valence-corrected chi connectivity index (χ4v) is 4.11. The van der Waals surface area contributed by atoms with Crippen LogP contribution in [-0.2, 0) is 4.79 Å². The maximum absolute atomic E-state index is 13.0. The molecule has 0 aromatic rings. The third-order valence-corrected chi connectivity index (χ3v) is 5.92. The molecule has 0 saturated heterocycles. The van der Waals surface area contributed by atoms with E-state index in [0.717, 1.165) is 12.0 Å². The Kier molecular flexibility index (Phi) is 5.16. The third-order valence-electron chi connectivity index (χ3n) is 5.92. The molecule has 3 heteroatoms. The van der Waals surface area contributed by atoms with Gasteiger partial charge in [0.2, 0.25) is 5.91 Å². The molecule has 3 N–H and O–H groups in total. The molecule has 0 radical (unpaired) electrons. The lowest BCUT2D eigenvalue weighted by atomic mass is 9.69. The van der Waals surface area contributed by atoms with Gasteiger partial charge in [-0.3, -0.25) is 4.79 Å². The standard InChI is InChI=1S/C19H32N2O/c1-12(2)16-9-6-13(3)10-17(16)18(22)21-19(5)14(4)7-8-15(19)11-20/h7-8,12-13,16-17H,6,9-11,20H2,1-5H3,(H,21,22)/t13-,16+,17-,19+/m1/s1. The van der Waals surface area contributed by atoms with Gasteiger partial charge in [0.15, 0.2) is 0 Å². The minimum absolute atomic E-state index is 0.132. The Hall–Kier alpha value is -1.09. The molecule has 2 aliphatic rings. The van der Waals surface area contributed by atoms with E-state index < -0.39 is 5.54 Å². The molecular weight excluding hydrogens is 272 g/mol. The van der Waals surface area contributed by atoms with E-state index in [9.17, 15) is 4.79 Å². The zero-order valence-corrected chi connectivity index (χ0v) is 14.8.